The summed E-state index contributed by atoms with van der Waals surface area (Å²) in [6.07, 6.45) is 10.9. The topological polar surface area (TPSA) is 118 Å². The molecular formula is C45H57O8-. The SMILES string of the molecule is COc1ccc2cc3c(cc2c1OC)CCc1cc2c(cc1-3)OCO2.C[C@H](CCC(=O)[O-])[C@H]1CC[C@H]2[C@H]3C(CC[C@]12C)[C@@]1(C)CC[C@@H](O)C[C@H]1C[C@@H]3O. The number of aliphatic hydroxyl groups is 2. The molecule has 0 bridgehead atoms. The van der Waals surface area contributed by atoms with Crippen molar-refractivity contribution in [3.63, 3.8) is 0 Å². The van der Waals surface area contributed by atoms with Crippen LogP contribution in [0.2, 0.25) is 0 Å². The molecule has 0 spiro atoms. The highest BCUT2D eigenvalue weighted by molar-refractivity contribution is 5.96. The first kappa shape index (κ1) is 36.5. The quantitative estimate of drug-likeness (QED) is 0.269. The van der Waals surface area contributed by atoms with Gasteiger partial charge in [-0.15, -0.1) is 0 Å². The van der Waals surface area contributed by atoms with Crippen molar-refractivity contribution in [3.05, 3.63) is 47.5 Å². The number of carboxylic acids is 1. The van der Waals surface area contributed by atoms with Crippen LogP contribution in [0.4, 0.5) is 0 Å². The molecule has 8 heteroatoms. The summed E-state index contributed by atoms with van der Waals surface area (Å²) in [5.74, 6) is 5.23. The van der Waals surface area contributed by atoms with E-state index in [1.54, 1.807) is 14.2 Å². The maximum atomic E-state index is 11.2. The number of ether oxygens (including phenoxy) is 4. The summed E-state index contributed by atoms with van der Waals surface area (Å²) in [4.78, 5) is 10.9. The summed E-state index contributed by atoms with van der Waals surface area (Å²) in [5.41, 5.74) is 5.64. The molecule has 9 rings (SSSR count). The van der Waals surface area contributed by atoms with E-state index in [4.69, 9.17) is 18.9 Å². The van der Waals surface area contributed by atoms with Gasteiger partial charge in [0.15, 0.2) is 23.0 Å². The van der Waals surface area contributed by atoms with Crippen molar-refractivity contribution < 1.29 is 39.1 Å². The molecule has 4 fully saturated rings. The van der Waals surface area contributed by atoms with Crippen LogP contribution < -0.4 is 24.1 Å². The Morgan fingerprint density at radius 3 is 2.32 bits per heavy atom. The van der Waals surface area contributed by atoms with Crippen molar-refractivity contribution in [2.24, 2.45) is 46.3 Å². The standard InChI is InChI=1S/C24H40O4.C21H18O4/c1-14(4-7-21(27)28)17-5-6-18-22-19(9-11-24(17,18)3)23(2)10-8-16(25)12-15(23)13-20(22)26;1-22-18-6-5-13-7-15-12(8-17(13)21(18)23-2)3-4-14-9-19-20(10-16(14)15)25-11-24-19/h14-20,22,25-26H,4-13H2,1-3H3,(H,27,28);5-10H,3-4,11H2,1-2H3/p-1/t14-,15+,16-,17-,18+,19?,20+,22+,23+,24-;/m1./s1. The van der Waals surface area contributed by atoms with Gasteiger partial charge in [-0.05, 0) is 181 Å². The highest BCUT2D eigenvalue weighted by atomic mass is 16.7. The first-order chi connectivity index (χ1) is 25.4. The van der Waals surface area contributed by atoms with Crippen LogP contribution in [0, 0.1) is 46.3 Å². The number of carbonyl (C=O) groups excluding carboxylic acids is 1. The maximum Gasteiger partial charge on any atom is 0.231 e. The van der Waals surface area contributed by atoms with Gasteiger partial charge in [0, 0.05) is 11.4 Å². The van der Waals surface area contributed by atoms with Crippen LogP contribution >= 0.6 is 0 Å². The molecule has 1 heterocycles. The number of aryl methyl sites for hydroxylation is 2. The van der Waals surface area contributed by atoms with Crippen LogP contribution in [0.5, 0.6) is 23.0 Å². The number of carbonyl (C=O) groups is 1. The van der Waals surface area contributed by atoms with E-state index in [-0.39, 0.29) is 29.5 Å². The summed E-state index contributed by atoms with van der Waals surface area (Å²) in [6.45, 7) is 7.42. The fraction of sp³-hybridized carbons (Fsp3) is 0.622. The van der Waals surface area contributed by atoms with E-state index in [2.05, 4.69) is 51.1 Å². The molecule has 0 aromatic heterocycles. The Balaban J connectivity index is 0.000000152. The predicted molar refractivity (Wildman–Crippen MR) is 202 cm³/mol. The molecule has 6 aliphatic rings. The Hall–Kier alpha value is -3.49. The lowest BCUT2D eigenvalue weighted by Gasteiger charge is -2.62. The number of rotatable bonds is 6. The molecule has 286 valence electrons. The van der Waals surface area contributed by atoms with Gasteiger partial charge in [0.25, 0.3) is 0 Å². The van der Waals surface area contributed by atoms with Gasteiger partial charge in [-0.1, -0.05) is 26.8 Å². The zero-order valence-electron chi connectivity index (χ0n) is 32.1. The highest BCUT2D eigenvalue weighted by Crippen LogP contribution is 2.68. The molecular weight excluding hydrogens is 668 g/mol. The second-order valence-corrected chi connectivity index (χ2v) is 17.7. The predicted octanol–water partition coefficient (Wildman–Crippen LogP) is 7.49. The van der Waals surface area contributed by atoms with Gasteiger partial charge in [-0.2, -0.15) is 0 Å². The normalized spacial score (nSPS) is 34.0. The molecule has 1 aliphatic heterocycles. The van der Waals surface area contributed by atoms with E-state index in [0.717, 1.165) is 72.3 Å². The minimum atomic E-state index is -0.934. The minimum absolute atomic E-state index is 0.162. The minimum Gasteiger partial charge on any atom is -0.550 e. The van der Waals surface area contributed by atoms with E-state index in [9.17, 15) is 20.1 Å². The Labute approximate surface area is 314 Å². The second-order valence-electron chi connectivity index (χ2n) is 17.7. The molecule has 0 saturated heterocycles. The third-order valence-electron chi connectivity index (χ3n) is 15.4. The summed E-state index contributed by atoms with van der Waals surface area (Å²) in [6, 6.07) is 12.8. The van der Waals surface area contributed by atoms with Crippen LogP contribution in [0.15, 0.2) is 36.4 Å². The van der Waals surface area contributed by atoms with Gasteiger partial charge in [0.05, 0.1) is 26.4 Å². The fourth-order valence-corrected chi connectivity index (χ4v) is 12.6. The zero-order valence-corrected chi connectivity index (χ0v) is 32.1. The van der Waals surface area contributed by atoms with Gasteiger partial charge >= 0.3 is 0 Å². The molecule has 0 amide bonds. The van der Waals surface area contributed by atoms with Gasteiger partial charge in [0.1, 0.15) is 0 Å². The third kappa shape index (κ3) is 6.16. The number of hydrogen-bond donors (Lipinski definition) is 2. The molecule has 3 aromatic rings. The zero-order chi connectivity index (χ0) is 37.2. The lowest BCUT2D eigenvalue weighted by molar-refractivity contribution is -0.306. The number of carboxylic acid groups (broad SMARTS) is 1. The van der Waals surface area contributed by atoms with E-state index in [1.807, 2.05) is 6.07 Å². The number of benzene rings is 3. The Morgan fingerprint density at radius 1 is 0.887 bits per heavy atom. The summed E-state index contributed by atoms with van der Waals surface area (Å²) < 4.78 is 22.1. The largest absolute Gasteiger partial charge is 0.550 e. The summed E-state index contributed by atoms with van der Waals surface area (Å²) in [5, 5.41) is 34.6. The number of aliphatic carboxylic acids is 1. The smallest absolute Gasteiger partial charge is 0.231 e. The molecule has 2 N–H and O–H groups in total. The Kier molecular flexibility index (Phi) is 9.62. The number of hydrogen-bond acceptors (Lipinski definition) is 8. The van der Waals surface area contributed by atoms with Crippen molar-refractivity contribution in [1.29, 1.82) is 0 Å². The Morgan fingerprint density at radius 2 is 1.58 bits per heavy atom. The maximum absolute atomic E-state index is 11.2. The van der Waals surface area contributed by atoms with Crippen molar-refractivity contribution in [1.82, 2.24) is 0 Å². The lowest BCUT2D eigenvalue weighted by Crippen LogP contribution is -2.58. The lowest BCUT2D eigenvalue weighted by atomic mass is 9.43. The van der Waals surface area contributed by atoms with Gasteiger partial charge in [-0.3, -0.25) is 0 Å². The average molecular weight is 726 g/mol. The average Bonchev–Trinajstić information content (AvgIpc) is 3.76. The first-order valence-corrected chi connectivity index (χ1v) is 20.1. The third-order valence-corrected chi connectivity index (χ3v) is 15.4. The Bertz CT molecular complexity index is 1870. The molecule has 3 aromatic carbocycles. The van der Waals surface area contributed by atoms with Crippen molar-refractivity contribution in [2.75, 3.05) is 21.0 Å². The van der Waals surface area contributed by atoms with E-state index >= 15 is 0 Å². The fourth-order valence-electron chi connectivity index (χ4n) is 12.6. The van der Waals surface area contributed by atoms with E-state index in [1.165, 1.54) is 47.9 Å². The molecule has 1 unspecified atom stereocenters. The molecule has 8 nitrogen and oxygen atoms in total. The van der Waals surface area contributed by atoms with E-state index < -0.39 is 5.97 Å². The monoisotopic (exact) mass is 725 g/mol. The van der Waals surface area contributed by atoms with Crippen molar-refractivity contribution >= 4 is 16.7 Å². The van der Waals surface area contributed by atoms with E-state index in [0.29, 0.717) is 48.7 Å². The van der Waals surface area contributed by atoms with Crippen LogP contribution in [-0.4, -0.2) is 49.4 Å². The van der Waals surface area contributed by atoms with Crippen LogP contribution in [0.25, 0.3) is 21.9 Å². The van der Waals surface area contributed by atoms with Crippen LogP contribution in [-0.2, 0) is 17.6 Å². The molecule has 4 saturated carbocycles. The molecule has 53 heavy (non-hydrogen) atoms. The van der Waals surface area contributed by atoms with Gasteiger partial charge < -0.3 is 39.1 Å². The van der Waals surface area contributed by atoms with Gasteiger partial charge in [-0.25, -0.2) is 0 Å². The second kappa shape index (κ2) is 14.0. The molecule has 5 aliphatic carbocycles. The number of fused-ring (bicyclic) bond motifs is 10. The van der Waals surface area contributed by atoms with Crippen LogP contribution in [0.1, 0.15) is 96.1 Å². The summed E-state index contributed by atoms with van der Waals surface area (Å²) in [7, 11) is 3.35. The summed E-state index contributed by atoms with van der Waals surface area (Å²) >= 11 is 0. The highest BCUT2D eigenvalue weighted by Gasteiger charge is 2.62. The number of methoxy groups -OCH3 is 2. The van der Waals surface area contributed by atoms with Crippen molar-refractivity contribution in [3.8, 4) is 34.1 Å². The van der Waals surface area contributed by atoms with Gasteiger partial charge in [0.2, 0.25) is 6.79 Å². The molecule has 0 radical (unpaired) electrons. The van der Waals surface area contributed by atoms with Crippen LogP contribution in [0.3, 0.4) is 0 Å². The number of aliphatic hydroxyl groups excluding tert-OH is 2. The first-order valence-electron chi connectivity index (χ1n) is 20.1. The van der Waals surface area contributed by atoms with Crippen molar-refractivity contribution in [2.45, 2.75) is 110 Å². The molecule has 10 atom stereocenters.